The Hall–Kier alpha value is -2.34. The summed E-state index contributed by atoms with van der Waals surface area (Å²) in [5.41, 5.74) is 0.359. The van der Waals surface area contributed by atoms with Crippen molar-refractivity contribution in [3.63, 3.8) is 0 Å². The van der Waals surface area contributed by atoms with Gasteiger partial charge in [-0.05, 0) is 23.8 Å². The fourth-order valence-corrected chi connectivity index (χ4v) is 1.89. The maximum absolute atomic E-state index is 12.6. The van der Waals surface area contributed by atoms with E-state index in [2.05, 4.69) is 10.6 Å². The van der Waals surface area contributed by atoms with Gasteiger partial charge >= 0.3 is 6.18 Å². The van der Waals surface area contributed by atoms with Crippen molar-refractivity contribution in [1.82, 2.24) is 5.32 Å². The lowest BCUT2D eigenvalue weighted by molar-refractivity contribution is -0.137. The van der Waals surface area contributed by atoms with Crippen LogP contribution in [0.5, 0.6) is 0 Å². The van der Waals surface area contributed by atoms with Gasteiger partial charge in [0.15, 0.2) is 0 Å². The standard InChI is InChI=1S/C16H15F3N2O/c17-16(18,19)13-7-4-8-14(9-13)21-15(22)11-20-10-12-5-2-1-3-6-12/h1-9,20H,10-11H2,(H,21,22). The molecule has 0 radical (unpaired) electrons. The normalized spacial score (nSPS) is 11.2. The third-order valence-electron chi connectivity index (χ3n) is 2.93. The fraction of sp³-hybridized carbons (Fsp3) is 0.188. The van der Waals surface area contributed by atoms with E-state index in [9.17, 15) is 18.0 Å². The number of alkyl halides is 3. The molecule has 2 aromatic carbocycles. The molecule has 0 aliphatic carbocycles. The Morgan fingerprint density at radius 3 is 2.41 bits per heavy atom. The van der Waals surface area contributed by atoms with Crippen LogP contribution >= 0.6 is 0 Å². The summed E-state index contributed by atoms with van der Waals surface area (Å²) < 4.78 is 37.7. The van der Waals surface area contributed by atoms with Crippen molar-refractivity contribution in [1.29, 1.82) is 0 Å². The molecule has 0 aliphatic heterocycles. The molecule has 0 atom stereocenters. The van der Waals surface area contributed by atoms with Gasteiger partial charge in [0, 0.05) is 12.2 Å². The molecular formula is C16H15F3N2O. The van der Waals surface area contributed by atoms with Crippen LogP contribution in [0.25, 0.3) is 0 Å². The highest BCUT2D eigenvalue weighted by atomic mass is 19.4. The summed E-state index contributed by atoms with van der Waals surface area (Å²) in [5, 5.41) is 5.37. The smallest absolute Gasteiger partial charge is 0.325 e. The summed E-state index contributed by atoms with van der Waals surface area (Å²) in [4.78, 5) is 11.7. The average molecular weight is 308 g/mol. The maximum Gasteiger partial charge on any atom is 0.416 e. The SMILES string of the molecule is O=C(CNCc1ccccc1)Nc1cccc(C(F)(F)F)c1. The van der Waals surface area contributed by atoms with Crippen LogP contribution in [0.4, 0.5) is 18.9 Å². The Morgan fingerprint density at radius 2 is 1.73 bits per heavy atom. The Bertz CT molecular complexity index is 627. The molecule has 22 heavy (non-hydrogen) atoms. The molecule has 6 heteroatoms. The van der Waals surface area contributed by atoms with Gasteiger partial charge in [-0.15, -0.1) is 0 Å². The molecule has 0 saturated heterocycles. The summed E-state index contributed by atoms with van der Waals surface area (Å²) in [7, 11) is 0. The van der Waals surface area contributed by atoms with Crippen molar-refractivity contribution < 1.29 is 18.0 Å². The molecule has 0 heterocycles. The second-order valence-corrected chi connectivity index (χ2v) is 4.72. The van der Waals surface area contributed by atoms with Gasteiger partial charge in [-0.1, -0.05) is 36.4 Å². The molecule has 0 spiro atoms. The van der Waals surface area contributed by atoms with E-state index < -0.39 is 17.6 Å². The van der Waals surface area contributed by atoms with Crippen molar-refractivity contribution in [3.8, 4) is 0 Å². The first kappa shape index (κ1) is 16.0. The van der Waals surface area contributed by atoms with E-state index in [4.69, 9.17) is 0 Å². The molecular weight excluding hydrogens is 293 g/mol. The lowest BCUT2D eigenvalue weighted by Crippen LogP contribution is -2.27. The van der Waals surface area contributed by atoms with E-state index in [0.29, 0.717) is 6.54 Å². The topological polar surface area (TPSA) is 41.1 Å². The third kappa shape index (κ3) is 4.89. The van der Waals surface area contributed by atoms with Gasteiger partial charge in [0.25, 0.3) is 0 Å². The van der Waals surface area contributed by atoms with Crippen LogP contribution in [-0.2, 0) is 17.5 Å². The van der Waals surface area contributed by atoms with E-state index in [1.807, 2.05) is 30.3 Å². The largest absolute Gasteiger partial charge is 0.416 e. The first-order chi connectivity index (χ1) is 10.4. The minimum Gasteiger partial charge on any atom is -0.325 e. The van der Waals surface area contributed by atoms with Crippen molar-refractivity contribution >= 4 is 11.6 Å². The van der Waals surface area contributed by atoms with Crippen LogP contribution in [0.3, 0.4) is 0 Å². The van der Waals surface area contributed by atoms with E-state index in [-0.39, 0.29) is 12.2 Å². The second-order valence-electron chi connectivity index (χ2n) is 4.72. The third-order valence-corrected chi connectivity index (χ3v) is 2.93. The molecule has 116 valence electrons. The fourth-order valence-electron chi connectivity index (χ4n) is 1.89. The zero-order valence-corrected chi connectivity index (χ0v) is 11.7. The number of carbonyl (C=O) groups excluding carboxylic acids is 1. The Morgan fingerprint density at radius 1 is 1.00 bits per heavy atom. The molecule has 2 aromatic rings. The summed E-state index contributed by atoms with van der Waals surface area (Å²) in [6, 6.07) is 14.1. The number of carbonyl (C=O) groups is 1. The van der Waals surface area contributed by atoms with Crippen molar-refractivity contribution in [2.45, 2.75) is 12.7 Å². The first-order valence-electron chi connectivity index (χ1n) is 6.67. The summed E-state index contributed by atoms with van der Waals surface area (Å²) >= 11 is 0. The second kappa shape index (κ2) is 7.09. The number of benzene rings is 2. The van der Waals surface area contributed by atoms with Crippen LogP contribution in [0.2, 0.25) is 0 Å². The van der Waals surface area contributed by atoms with Gasteiger partial charge in [-0.2, -0.15) is 13.2 Å². The number of nitrogens with one attached hydrogen (secondary N) is 2. The van der Waals surface area contributed by atoms with Crippen molar-refractivity contribution in [2.75, 3.05) is 11.9 Å². The van der Waals surface area contributed by atoms with Crippen molar-refractivity contribution in [2.24, 2.45) is 0 Å². The Kier molecular flexibility index (Phi) is 5.16. The Balaban J connectivity index is 1.84. The molecule has 0 bridgehead atoms. The van der Waals surface area contributed by atoms with E-state index >= 15 is 0 Å². The van der Waals surface area contributed by atoms with Crippen LogP contribution in [-0.4, -0.2) is 12.5 Å². The highest BCUT2D eigenvalue weighted by molar-refractivity contribution is 5.92. The quantitative estimate of drug-likeness (QED) is 0.888. The average Bonchev–Trinajstić information content (AvgIpc) is 2.48. The number of halogens is 3. The zero-order valence-electron chi connectivity index (χ0n) is 11.7. The van der Waals surface area contributed by atoms with Gasteiger partial charge < -0.3 is 10.6 Å². The van der Waals surface area contributed by atoms with Gasteiger partial charge in [-0.25, -0.2) is 0 Å². The molecule has 0 fully saturated rings. The number of amides is 1. The van der Waals surface area contributed by atoms with Crippen LogP contribution in [0, 0.1) is 0 Å². The van der Waals surface area contributed by atoms with Crippen LogP contribution in [0.15, 0.2) is 54.6 Å². The highest BCUT2D eigenvalue weighted by Crippen LogP contribution is 2.30. The van der Waals surface area contributed by atoms with Gasteiger partial charge in [-0.3, -0.25) is 4.79 Å². The van der Waals surface area contributed by atoms with E-state index in [1.54, 1.807) is 0 Å². The minimum absolute atomic E-state index is 0.0190. The zero-order chi connectivity index (χ0) is 16.0. The number of rotatable bonds is 5. The lowest BCUT2D eigenvalue weighted by atomic mass is 10.2. The summed E-state index contributed by atoms with van der Waals surface area (Å²) in [6.45, 7) is 0.530. The summed E-state index contributed by atoms with van der Waals surface area (Å²) in [5.74, 6) is -0.393. The number of hydrogen-bond acceptors (Lipinski definition) is 2. The molecule has 2 N–H and O–H groups in total. The van der Waals surface area contributed by atoms with E-state index in [0.717, 1.165) is 17.7 Å². The molecule has 0 unspecified atom stereocenters. The molecule has 0 saturated carbocycles. The first-order valence-corrected chi connectivity index (χ1v) is 6.67. The predicted octanol–water partition coefficient (Wildman–Crippen LogP) is 3.43. The minimum atomic E-state index is -4.42. The molecule has 1 amide bonds. The van der Waals surface area contributed by atoms with E-state index in [1.165, 1.54) is 12.1 Å². The Labute approximate surface area is 126 Å². The van der Waals surface area contributed by atoms with Crippen LogP contribution < -0.4 is 10.6 Å². The maximum atomic E-state index is 12.6. The number of anilines is 1. The molecule has 2 rings (SSSR count). The predicted molar refractivity (Wildman–Crippen MR) is 78.2 cm³/mol. The highest BCUT2D eigenvalue weighted by Gasteiger charge is 2.30. The lowest BCUT2D eigenvalue weighted by Gasteiger charge is -2.10. The summed E-state index contributed by atoms with van der Waals surface area (Å²) in [6.07, 6.45) is -4.42. The van der Waals surface area contributed by atoms with Crippen LogP contribution in [0.1, 0.15) is 11.1 Å². The van der Waals surface area contributed by atoms with Gasteiger partial charge in [0.05, 0.1) is 12.1 Å². The molecule has 0 aromatic heterocycles. The van der Waals surface area contributed by atoms with Crippen molar-refractivity contribution in [3.05, 3.63) is 65.7 Å². The molecule has 0 aliphatic rings. The number of hydrogen-bond donors (Lipinski definition) is 2. The monoisotopic (exact) mass is 308 g/mol. The van der Waals surface area contributed by atoms with Gasteiger partial charge in [0.2, 0.25) is 5.91 Å². The molecule has 3 nitrogen and oxygen atoms in total. The van der Waals surface area contributed by atoms with Gasteiger partial charge in [0.1, 0.15) is 0 Å².